The smallest absolute Gasteiger partial charge is 0.125 e. The average Bonchev–Trinajstić information content (AvgIpc) is 2.77. The van der Waals surface area contributed by atoms with Gasteiger partial charge >= 0.3 is 0 Å². The van der Waals surface area contributed by atoms with Crippen molar-refractivity contribution in [3.05, 3.63) is 28.3 Å². The average molecular weight is 208 g/mol. The van der Waals surface area contributed by atoms with Crippen LogP contribution in [0.25, 0.3) is 0 Å². The van der Waals surface area contributed by atoms with Crippen LogP contribution in [0.15, 0.2) is 17.1 Å². The molecule has 14 heavy (non-hydrogen) atoms. The summed E-state index contributed by atoms with van der Waals surface area (Å²) in [6.07, 6.45) is 1.78. The van der Waals surface area contributed by atoms with Gasteiger partial charge in [-0.3, -0.25) is 0 Å². The highest BCUT2D eigenvalue weighted by molar-refractivity contribution is 7.07. The summed E-state index contributed by atoms with van der Waals surface area (Å²) in [5, 5.41) is 6.24. The maximum atomic E-state index is 5.89. The fraction of sp³-hybridized carbons (Fsp3) is 0.333. The van der Waals surface area contributed by atoms with Crippen LogP contribution in [-0.2, 0) is 0 Å². The largest absolute Gasteiger partial charge is 0.384 e. The van der Waals surface area contributed by atoms with Gasteiger partial charge in [0.25, 0.3) is 0 Å². The lowest BCUT2D eigenvalue weighted by Crippen LogP contribution is -2.11. The monoisotopic (exact) mass is 208 g/mol. The second kappa shape index (κ2) is 3.42. The summed E-state index contributed by atoms with van der Waals surface area (Å²) in [6.45, 7) is 3.99. The molecule has 2 rings (SSSR count). The van der Waals surface area contributed by atoms with E-state index >= 15 is 0 Å². The molecule has 0 aliphatic heterocycles. The summed E-state index contributed by atoms with van der Waals surface area (Å²) in [4.78, 5) is 4.25. The van der Waals surface area contributed by atoms with Crippen LogP contribution in [0.5, 0.6) is 0 Å². The van der Waals surface area contributed by atoms with Crippen LogP contribution in [0.4, 0.5) is 5.82 Å². The van der Waals surface area contributed by atoms with Crippen molar-refractivity contribution in [3.8, 4) is 0 Å². The number of nitrogens with zero attached hydrogens (tertiary/aromatic N) is 3. The summed E-state index contributed by atoms with van der Waals surface area (Å²) < 4.78 is 1.80. The van der Waals surface area contributed by atoms with Crippen LogP contribution in [0.2, 0.25) is 0 Å². The van der Waals surface area contributed by atoms with Crippen molar-refractivity contribution >= 4 is 17.2 Å². The minimum absolute atomic E-state index is 0.106. The quantitative estimate of drug-likeness (QED) is 0.819. The predicted octanol–water partition coefficient (Wildman–Crippen LogP) is 1.84. The number of aryl methyl sites for hydroxylation is 1. The Morgan fingerprint density at radius 2 is 2.36 bits per heavy atom. The van der Waals surface area contributed by atoms with Gasteiger partial charge < -0.3 is 5.73 Å². The van der Waals surface area contributed by atoms with E-state index < -0.39 is 0 Å². The molecule has 1 unspecified atom stereocenters. The topological polar surface area (TPSA) is 56.7 Å². The zero-order valence-corrected chi connectivity index (χ0v) is 8.95. The third kappa shape index (κ3) is 1.39. The van der Waals surface area contributed by atoms with Crippen molar-refractivity contribution in [2.75, 3.05) is 5.73 Å². The first-order valence-corrected chi connectivity index (χ1v) is 5.32. The Labute approximate surface area is 86.4 Å². The second-order valence-electron chi connectivity index (χ2n) is 3.25. The highest BCUT2D eigenvalue weighted by Gasteiger charge is 2.13. The molecule has 0 radical (unpaired) electrons. The van der Waals surface area contributed by atoms with Crippen LogP contribution in [0, 0.1) is 6.92 Å². The fourth-order valence-electron chi connectivity index (χ4n) is 1.32. The number of rotatable bonds is 2. The highest BCUT2D eigenvalue weighted by Crippen LogP contribution is 2.21. The molecule has 0 aromatic carbocycles. The highest BCUT2D eigenvalue weighted by atomic mass is 32.1. The molecule has 2 N–H and O–H groups in total. The number of aromatic nitrogens is 3. The lowest BCUT2D eigenvalue weighted by Gasteiger charge is -2.11. The minimum atomic E-state index is 0.106. The summed E-state index contributed by atoms with van der Waals surface area (Å²) in [6, 6.07) is 0.106. The summed E-state index contributed by atoms with van der Waals surface area (Å²) in [5.41, 5.74) is 9.71. The fourth-order valence-corrected chi connectivity index (χ4v) is 1.96. The van der Waals surface area contributed by atoms with Gasteiger partial charge in [0.1, 0.15) is 5.82 Å². The minimum Gasteiger partial charge on any atom is -0.384 e. The molecule has 2 aromatic heterocycles. The van der Waals surface area contributed by atoms with Crippen molar-refractivity contribution in [2.45, 2.75) is 19.9 Å². The standard InChI is InChI=1S/C9H12N4S/c1-6-3-12-13(9(6)10)7(2)8-4-14-5-11-8/h3-5,7H,10H2,1-2H3. The molecular weight excluding hydrogens is 196 g/mol. The molecule has 0 aliphatic rings. The lowest BCUT2D eigenvalue weighted by molar-refractivity contribution is 0.562. The van der Waals surface area contributed by atoms with E-state index in [2.05, 4.69) is 10.1 Å². The van der Waals surface area contributed by atoms with Crippen LogP contribution < -0.4 is 5.73 Å². The van der Waals surface area contributed by atoms with Crippen molar-refractivity contribution in [1.29, 1.82) is 0 Å². The van der Waals surface area contributed by atoms with E-state index in [1.165, 1.54) is 0 Å². The number of nitrogen functional groups attached to an aromatic ring is 1. The molecule has 0 fully saturated rings. The molecule has 0 amide bonds. The van der Waals surface area contributed by atoms with Gasteiger partial charge in [0.2, 0.25) is 0 Å². The van der Waals surface area contributed by atoms with E-state index in [1.807, 2.05) is 24.7 Å². The van der Waals surface area contributed by atoms with E-state index in [0.717, 1.165) is 11.3 Å². The molecule has 0 bridgehead atoms. The first-order chi connectivity index (χ1) is 6.70. The van der Waals surface area contributed by atoms with E-state index in [9.17, 15) is 0 Å². The van der Waals surface area contributed by atoms with Crippen LogP contribution >= 0.6 is 11.3 Å². The van der Waals surface area contributed by atoms with E-state index in [-0.39, 0.29) is 6.04 Å². The van der Waals surface area contributed by atoms with Gasteiger partial charge in [-0.25, -0.2) is 9.67 Å². The molecule has 5 heteroatoms. The SMILES string of the molecule is Cc1cnn(C(C)c2cscn2)c1N. The zero-order valence-electron chi connectivity index (χ0n) is 8.14. The van der Waals surface area contributed by atoms with Crippen LogP contribution in [0.3, 0.4) is 0 Å². The molecule has 4 nitrogen and oxygen atoms in total. The van der Waals surface area contributed by atoms with E-state index in [0.29, 0.717) is 5.82 Å². The van der Waals surface area contributed by atoms with Crippen molar-refractivity contribution in [1.82, 2.24) is 14.8 Å². The molecule has 1 atom stereocenters. The molecule has 0 saturated carbocycles. The lowest BCUT2D eigenvalue weighted by atomic mass is 10.2. The van der Waals surface area contributed by atoms with Crippen molar-refractivity contribution in [3.63, 3.8) is 0 Å². The number of nitrogens with two attached hydrogens (primary N) is 1. The Balaban J connectivity index is 2.36. The van der Waals surface area contributed by atoms with Crippen LogP contribution in [0.1, 0.15) is 24.2 Å². The Hall–Kier alpha value is -1.36. The first-order valence-electron chi connectivity index (χ1n) is 4.38. The summed E-state index contributed by atoms with van der Waals surface area (Å²) in [7, 11) is 0. The van der Waals surface area contributed by atoms with Gasteiger partial charge in [0.05, 0.1) is 23.4 Å². The second-order valence-corrected chi connectivity index (χ2v) is 3.97. The van der Waals surface area contributed by atoms with Gasteiger partial charge in [-0.15, -0.1) is 11.3 Å². The van der Waals surface area contributed by atoms with Gasteiger partial charge in [0.15, 0.2) is 0 Å². The zero-order chi connectivity index (χ0) is 10.1. The maximum Gasteiger partial charge on any atom is 0.125 e. The van der Waals surface area contributed by atoms with E-state index in [4.69, 9.17) is 5.73 Å². The van der Waals surface area contributed by atoms with Crippen molar-refractivity contribution < 1.29 is 0 Å². The Bertz CT molecular complexity index is 418. The maximum absolute atomic E-state index is 5.89. The molecule has 0 spiro atoms. The Morgan fingerprint density at radius 1 is 1.57 bits per heavy atom. The molecular formula is C9H12N4S. The first kappa shape index (κ1) is 9.21. The molecule has 0 saturated heterocycles. The molecule has 74 valence electrons. The van der Waals surface area contributed by atoms with E-state index in [1.54, 1.807) is 22.2 Å². The van der Waals surface area contributed by atoms with Gasteiger partial charge in [-0.05, 0) is 13.8 Å². The molecule has 0 aliphatic carbocycles. The third-order valence-electron chi connectivity index (χ3n) is 2.27. The predicted molar refractivity (Wildman–Crippen MR) is 57.3 cm³/mol. The van der Waals surface area contributed by atoms with Crippen molar-refractivity contribution in [2.24, 2.45) is 0 Å². The van der Waals surface area contributed by atoms with Gasteiger partial charge in [-0.2, -0.15) is 5.10 Å². The van der Waals surface area contributed by atoms with Crippen LogP contribution in [-0.4, -0.2) is 14.8 Å². The molecule has 2 aromatic rings. The molecule has 2 heterocycles. The van der Waals surface area contributed by atoms with Gasteiger partial charge in [-0.1, -0.05) is 0 Å². The summed E-state index contributed by atoms with van der Waals surface area (Å²) >= 11 is 1.58. The number of anilines is 1. The summed E-state index contributed by atoms with van der Waals surface area (Å²) in [5.74, 6) is 0.713. The Morgan fingerprint density at radius 3 is 2.86 bits per heavy atom. The number of thiazole rings is 1. The number of hydrogen-bond donors (Lipinski definition) is 1. The third-order valence-corrected chi connectivity index (χ3v) is 2.88. The number of hydrogen-bond acceptors (Lipinski definition) is 4. The normalized spacial score (nSPS) is 13.0. The van der Waals surface area contributed by atoms with Gasteiger partial charge in [0, 0.05) is 10.9 Å². The Kier molecular flexibility index (Phi) is 2.25.